The van der Waals surface area contributed by atoms with Crippen LogP contribution in [-0.2, 0) is 0 Å². The van der Waals surface area contributed by atoms with Crippen molar-refractivity contribution in [1.82, 2.24) is 5.10 Å². The number of aromatic nitrogens is 2. The van der Waals surface area contributed by atoms with Crippen LogP contribution in [0.25, 0.3) is 22.3 Å². The second-order valence-electron chi connectivity index (χ2n) is 5.25. The SMILES string of the molecule is Cc1c(-c2ccc(Cl)cc2)c(-c2c(F)cc(F)cc2F)c(Cl)n[n+]1[O-]. The number of hydrogen-bond donors (Lipinski definition) is 0. The fourth-order valence-corrected chi connectivity index (χ4v) is 2.95. The monoisotopic (exact) mass is 384 g/mol. The van der Waals surface area contributed by atoms with Gasteiger partial charge in [0.15, 0.2) is 0 Å². The van der Waals surface area contributed by atoms with Crippen LogP contribution in [0, 0.1) is 29.6 Å². The molecule has 1 heterocycles. The Balaban J connectivity index is 2.42. The van der Waals surface area contributed by atoms with E-state index in [0.29, 0.717) is 22.7 Å². The van der Waals surface area contributed by atoms with Gasteiger partial charge in [-0.15, -0.1) is 0 Å². The van der Waals surface area contributed by atoms with Crippen LogP contribution in [0.1, 0.15) is 5.69 Å². The first-order valence-electron chi connectivity index (χ1n) is 7.00. The van der Waals surface area contributed by atoms with Gasteiger partial charge in [-0.2, -0.15) is 0 Å². The molecule has 0 unspecified atom stereocenters. The molecule has 0 aliphatic heterocycles. The Kier molecular flexibility index (Phi) is 4.58. The van der Waals surface area contributed by atoms with E-state index >= 15 is 0 Å². The smallest absolute Gasteiger partial charge is 0.227 e. The third kappa shape index (κ3) is 3.15. The topological polar surface area (TPSA) is 39.8 Å². The molecule has 0 amide bonds. The molecular weight excluding hydrogens is 376 g/mol. The van der Waals surface area contributed by atoms with Crippen LogP contribution in [0.15, 0.2) is 36.4 Å². The number of benzene rings is 2. The summed E-state index contributed by atoms with van der Waals surface area (Å²) in [7, 11) is 0. The first-order valence-corrected chi connectivity index (χ1v) is 7.76. The van der Waals surface area contributed by atoms with Crippen LogP contribution in [0.3, 0.4) is 0 Å². The summed E-state index contributed by atoms with van der Waals surface area (Å²) in [5, 5.41) is 15.5. The van der Waals surface area contributed by atoms with Gasteiger partial charge in [-0.05, 0) is 17.7 Å². The van der Waals surface area contributed by atoms with Crippen LogP contribution in [-0.4, -0.2) is 5.10 Å². The molecule has 3 nitrogen and oxygen atoms in total. The average Bonchev–Trinajstić information content (AvgIpc) is 2.52. The maximum atomic E-state index is 14.3. The van der Waals surface area contributed by atoms with Crippen molar-refractivity contribution in [1.29, 1.82) is 0 Å². The zero-order chi connectivity index (χ0) is 18.3. The number of halogens is 5. The Morgan fingerprint density at radius 2 is 1.48 bits per heavy atom. The summed E-state index contributed by atoms with van der Waals surface area (Å²) in [6.07, 6.45) is 0. The van der Waals surface area contributed by atoms with Gasteiger partial charge < -0.3 is 5.21 Å². The van der Waals surface area contributed by atoms with E-state index in [2.05, 4.69) is 5.10 Å². The highest BCUT2D eigenvalue weighted by Crippen LogP contribution is 2.40. The summed E-state index contributed by atoms with van der Waals surface area (Å²) in [5.74, 6) is -3.37. The summed E-state index contributed by atoms with van der Waals surface area (Å²) >= 11 is 11.9. The third-order valence-corrected chi connectivity index (χ3v) is 4.19. The fraction of sp³-hybridized carbons (Fsp3) is 0.0588. The van der Waals surface area contributed by atoms with Crippen molar-refractivity contribution >= 4 is 23.2 Å². The first-order chi connectivity index (χ1) is 11.8. The van der Waals surface area contributed by atoms with Crippen LogP contribution < -0.4 is 4.85 Å². The minimum Gasteiger partial charge on any atom is -0.594 e. The zero-order valence-electron chi connectivity index (χ0n) is 12.7. The van der Waals surface area contributed by atoms with E-state index in [9.17, 15) is 18.4 Å². The summed E-state index contributed by atoms with van der Waals surface area (Å²) in [5.41, 5.74) is 0.00554. The average molecular weight is 385 g/mol. The van der Waals surface area contributed by atoms with Gasteiger partial charge >= 0.3 is 0 Å². The van der Waals surface area contributed by atoms with Crippen molar-refractivity contribution in [3.63, 3.8) is 0 Å². The lowest BCUT2D eigenvalue weighted by Gasteiger charge is -2.14. The van der Waals surface area contributed by atoms with Crippen molar-refractivity contribution in [3.8, 4) is 22.3 Å². The zero-order valence-corrected chi connectivity index (χ0v) is 14.2. The van der Waals surface area contributed by atoms with E-state index in [4.69, 9.17) is 23.2 Å². The highest BCUT2D eigenvalue weighted by atomic mass is 35.5. The van der Waals surface area contributed by atoms with E-state index in [1.807, 2.05) is 0 Å². The molecule has 0 saturated carbocycles. The first kappa shape index (κ1) is 17.5. The summed E-state index contributed by atoms with van der Waals surface area (Å²) in [6.45, 7) is 1.43. The molecule has 0 radical (unpaired) electrons. The molecule has 0 aliphatic carbocycles. The lowest BCUT2D eigenvalue weighted by Crippen LogP contribution is -2.35. The molecule has 0 bridgehead atoms. The lowest BCUT2D eigenvalue weighted by atomic mass is 9.94. The number of rotatable bonds is 2. The van der Waals surface area contributed by atoms with E-state index in [-0.39, 0.29) is 21.7 Å². The molecule has 0 spiro atoms. The fourth-order valence-electron chi connectivity index (χ4n) is 2.56. The van der Waals surface area contributed by atoms with E-state index in [1.165, 1.54) is 6.92 Å². The van der Waals surface area contributed by atoms with E-state index in [0.717, 1.165) is 0 Å². The van der Waals surface area contributed by atoms with Gasteiger partial charge in [-0.3, -0.25) is 0 Å². The predicted molar refractivity (Wildman–Crippen MR) is 88.7 cm³/mol. The molecule has 0 aliphatic rings. The van der Waals surface area contributed by atoms with Gasteiger partial charge in [0.1, 0.15) is 17.5 Å². The van der Waals surface area contributed by atoms with Crippen molar-refractivity contribution in [2.75, 3.05) is 0 Å². The Hall–Kier alpha value is -2.31. The molecule has 0 fully saturated rings. The largest absolute Gasteiger partial charge is 0.594 e. The highest BCUT2D eigenvalue weighted by Gasteiger charge is 2.27. The Morgan fingerprint density at radius 3 is 2.04 bits per heavy atom. The van der Waals surface area contributed by atoms with Crippen LogP contribution >= 0.6 is 23.2 Å². The Bertz CT molecular complexity index is 956. The normalized spacial score (nSPS) is 11.0. The van der Waals surface area contributed by atoms with Gasteiger partial charge in [-0.1, -0.05) is 40.2 Å². The van der Waals surface area contributed by atoms with Crippen LogP contribution in [0.5, 0.6) is 0 Å². The van der Waals surface area contributed by atoms with E-state index < -0.39 is 28.2 Å². The standard InChI is InChI=1S/C17H9Cl2F3N2O/c1-8-14(9-2-4-10(18)5-3-9)16(17(19)23-24(8)25)15-12(21)6-11(20)7-13(15)22/h2-7H,1H3. The van der Waals surface area contributed by atoms with Gasteiger partial charge in [0.25, 0.3) is 0 Å². The molecule has 3 rings (SSSR count). The van der Waals surface area contributed by atoms with Crippen molar-refractivity contribution < 1.29 is 18.0 Å². The molecule has 128 valence electrons. The molecular formula is C17H9Cl2F3N2O. The number of nitrogens with zero attached hydrogens (tertiary/aromatic N) is 2. The van der Waals surface area contributed by atoms with Crippen LogP contribution in [0.2, 0.25) is 10.2 Å². The quantitative estimate of drug-likeness (QED) is 0.456. The molecule has 3 aromatic rings. The molecule has 2 aromatic carbocycles. The molecule has 0 N–H and O–H groups in total. The number of hydrogen-bond acceptors (Lipinski definition) is 2. The molecule has 1 aromatic heterocycles. The van der Waals surface area contributed by atoms with Crippen molar-refractivity contribution in [2.45, 2.75) is 6.92 Å². The predicted octanol–water partition coefficient (Wildman–Crippen LogP) is 5.08. The van der Waals surface area contributed by atoms with Gasteiger partial charge in [0.05, 0.1) is 11.1 Å². The van der Waals surface area contributed by atoms with Crippen molar-refractivity contribution in [3.05, 3.63) is 74.9 Å². The summed E-state index contributed by atoms with van der Waals surface area (Å²) in [4.78, 5) is 0.259. The molecule has 25 heavy (non-hydrogen) atoms. The molecule has 0 saturated heterocycles. The Morgan fingerprint density at radius 1 is 0.920 bits per heavy atom. The Labute approximate surface area is 150 Å². The highest BCUT2D eigenvalue weighted by molar-refractivity contribution is 6.33. The van der Waals surface area contributed by atoms with Gasteiger partial charge in [-0.25, -0.2) is 13.2 Å². The van der Waals surface area contributed by atoms with Gasteiger partial charge in [0.2, 0.25) is 10.8 Å². The second kappa shape index (κ2) is 6.54. The molecule has 0 atom stereocenters. The van der Waals surface area contributed by atoms with E-state index in [1.54, 1.807) is 24.3 Å². The minimum atomic E-state index is -1.15. The second-order valence-corrected chi connectivity index (χ2v) is 6.04. The van der Waals surface area contributed by atoms with Crippen molar-refractivity contribution in [2.24, 2.45) is 0 Å². The maximum Gasteiger partial charge on any atom is 0.227 e. The minimum absolute atomic E-state index is 0.0739. The maximum absolute atomic E-state index is 14.3. The lowest BCUT2D eigenvalue weighted by molar-refractivity contribution is -0.674. The summed E-state index contributed by atoms with van der Waals surface area (Å²) in [6, 6.07) is 7.33. The summed E-state index contributed by atoms with van der Waals surface area (Å²) < 4.78 is 41.8. The molecule has 8 heteroatoms. The van der Waals surface area contributed by atoms with Gasteiger partial charge in [0, 0.05) is 34.7 Å². The van der Waals surface area contributed by atoms with Crippen LogP contribution in [0.4, 0.5) is 13.2 Å². The third-order valence-electron chi connectivity index (χ3n) is 3.67.